The van der Waals surface area contributed by atoms with E-state index in [9.17, 15) is 22.8 Å². The lowest BCUT2D eigenvalue weighted by Crippen LogP contribution is -2.51. The summed E-state index contributed by atoms with van der Waals surface area (Å²) in [6, 6.07) is 5.68. The van der Waals surface area contributed by atoms with Crippen molar-refractivity contribution in [3.8, 4) is 0 Å². The summed E-state index contributed by atoms with van der Waals surface area (Å²) >= 11 is 0. The number of rotatable bonds is 4. The van der Waals surface area contributed by atoms with E-state index in [1.165, 1.54) is 4.90 Å². The van der Waals surface area contributed by atoms with E-state index in [2.05, 4.69) is 10.6 Å². The van der Waals surface area contributed by atoms with Crippen LogP contribution in [0.2, 0.25) is 0 Å². The van der Waals surface area contributed by atoms with Crippen LogP contribution in [-0.4, -0.2) is 61.7 Å². The highest BCUT2D eigenvalue weighted by molar-refractivity contribution is 7.91. The van der Waals surface area contributed by atoms with E-state index in [0.29, 0.717) is 11.3 Å². The molecule has 1 fully saturated rings. The van der Waals surface area contributed by atoms with Crippen molar-refractivity contribution in [3.05, 3.63) is 29.8 Å². The lowest BCUT2D eigenvalue weighted by atomic mass is 9.95. The first-order valence-corrected chi connectivity index (χ1v) is 10.9. The van der Waals surface area contributed by atoms with Gasteiger partial charge in [0.1, 0.15) is 6.04 Å². The van der Waals surface area contributed by atoms with Crippen LogP contribution >= 0.6 is 0 Å². The maximum absolute atomic E-state index is 12.5. The van der Waals surface area contributed by atoms with Gasteiger partial charge in [0.15, 0.2) is 9.84 Å². The van der Waals surface area contributed by atoms with Gasteiger partial charge in [0.25, 0.3) is 5.91 Å². The fraction of sp³-hybridized carbons (Fsp3) is 0.526. The normalized spacial score (nSPS) is 17.5. The quantitative estimate of drug-likeness (QED) is 0.772. The minimum Gasteiger partial charge on any atom is -0.341 e. The second kappa shape index (κ2) is 8.30. The molecule has 1 heterocycles. The lowest BCUT2D eigenvalue weighted by Gasteiger charge is -2.29. The molecule has 2 rings (SSSR count). The van der Waals surface area contributed by atoms with Crippen molar-refractivity contribution in [2.45, 2.75) is 33.7 Å². The van der Waals surface area contributed by atoms with Gasteiger partial charge in [0, 0.05) is 29.8 Å². The zero-order valence-electron chi connectivity index (χ0n) is 16.6. The molecule has 1 aliphatic rings. The van der Waals surface area contributed by atoms with Crippen LogP contribution in [0.4, 0.5) is 5.69 Å². The lowest BCUT2D eigenvalue weighted by molar-refractivity contribution is -0.132. The van der Waals surface area contributed by atoms with E-state index in [1.807, 2.05) is 0 Å². The van der Waals surface area contributed by atoms with Crippen molar-refractivity contribution in [3.63, 3.8) is 0 Å². The van der Waals surface area contributed by atoms with E-state index in [4.69, 9.17) is 0 Å². The molecule has 1 aromatic carbocycles. The summed E-state index contributed by atoms with van der Waals surface area (Å²) < 4.78 is 23.0. The van der Waals surface area contributed by atoms with Crippen LogP contribution in [-0.2, 0) is 19.4 Å². The number of hydrogen-bond donors (Lipinski definition) is 2. The van der Waals surface area contributed by atoms with Crippen LogP contribution in [0.5, 0.6) is 0 Å². The van der Waals surface area contributed by atoms with Crippen molar-refractivity contribution in [1.82, 2.24) is 10.2 Å². The molecule has 28 heavy (non-hydrogen) atoms. The highest BCUT2D eigenvalue weighted by Crippen LogP contribution is 2.18. The number of nitrogens with one attached hydrogen (secondary N) is 2. The van der Waals surface area contributed by atoms with Crippen molar-refractivity contribution >= 4 is 33.2 Å². The van der Waals surface area contributed by atoms with Gasteiger partial charge in [-0.15, -0.1) is 0 Å². The molecule has 0 spiro atoms. The summed E-state index contributed by atoms with van der Waals surface area (Å²) in [6.07, 6.45) is 0. The van der Waals surface area contributed by atoms with Crippen molar-refractivity contribution < 1.29 is 22.8 Å². The molecule has 0 radical (unpaired) electrons. The van der Waals surface area contributed by atoms with Crippen LogP contribution in [0, 0.1) is 5.41 Å². The molecular weight excluding hydrogens is 382 g/mol. The third-order valence-corrected chi connectivity index (χ3v) is 6.05. The number of hydrogen-bond acceptors (Lipinski definition) is 5. The van der Waals surface area contributed by atoms with Crippen LogP contribution in [0.25, 0.3) is 0 Å². The average molecular weight is 410 g/mol. The summed E-state index contributed by atoms with van der Waals surface area (Å²) in [5, 5.41) is 5.39. The second-order valence-corrected chi connectivity index (χ2v) is 10.3. The van der Waals surface area contributed by atoms with Crippen molar-refractivity contribution in [2.75, 3.05) is 29.9 Å². The fourth-order valence-electron chi connectivity index (χ4n) is 2.61. The third-order valence-electron chi connectivity index (χ3n) is 4.44. The number of anilines is 1. The number of nitrogens with zero attached hydrogens (tertiary/aromatic N) is 1. The van der Waals surface area contributed by atoms with E-state index in [-0.39, 0.29) is 36.4 Å². The Balaban J connectivity index is 1.99. The monoisotopic (exact) mass is 409 g/mol. The summed E-state index contributed by atoms with van der Waals surface area (Å²) in [7, 11) is -3.08. The van der Waals surface area contributed by atoms with Crippen molar-refractivity contribution in [1.29, 1.82) is 0 Å². The van der Waals surface area contributed by atoms with Crippen LogP contribution in [0.3, 0.4) is 0 Å². The van der Waals surface area contributed by atoms with Gasteiger partial charge in [-0.2, -0.15) is 0 Å². The molecule has 2 N–H and O–H groups in total. The summed E-state index contributed by atoms with van der Waals surface area (Å²) in [6.45, 7) is 7.20. The van der Waals surface area contributed by atoms with Crippen LogP contribution in [0.1, 0.15) is 38.1 Å². The van der Waals surface area contributed by atoms with E-state index in [1.54, 1.807) is 52.0 Å². The Labute approximate surface area is 165 Å². The molecule has 0 aromatic heterocycles. The first-order valence-electron chi connectivity index (χ1n) is 9.11. The molecular formula is C19H27N3O5S. The predicted octanol–water partition coefficient (Wildman–Crippen LogP) is 1.05. The average Bonchev–Trinajstić information content (AvgIpc) is 2.60. The Morgan fingerprint density at radius 3 is 2.29 bits per heavy atom. The smallest absolute Gasteiger partial charge is 0.251 e. The first kappa shape index (κ1) is 21.9. The summed E-state index contributed by atoms with van der Waals surface area (Å²) in [4.78, 5) is 38.5. The largest absolute Gasteiger partial charge is 0.341 e. The predicted molar refractivity (Wildman–Crippen MR) is 107 cm³/mol. The maximum Gasteiger partial charge on any atom is 0.251 e. The number of carbonyl (C=O) groups is 3. The Morgan fingerprint density at radius 1 is 1.11 bits per heavy atom. The van der Waals surface area contributed by atoms with Gasteiger partial charge >= 0.3 is 0 Å². The van der Waals surface area contributed by atoms with Gasteiger partial charge in [0.05, 0.1) is 11.5 Å². The van der Waals surface area contributed by atoms with Gasteiger partial charge < -0.3 is 15.5 Å². The van der Waals surface area contributed by atoms with Crippen LogP contribution < -0.4 is 10.6 Å². The zero-order valence-corrected chi connectivity index (χ0v) is 17.4. The van der Waals surface area contributed by atoms with Gasteiger partial charge in [-0.1, -0.05) is 26.8 Å². The van der Waals surface area contributed by atoms with Crippen molar-refractivity contribution in [2.24, 2.45) is 5.41 Å². The Hall–Kier alpha value is -2.42. The third kappa shape index (κ3) is 5.79. The summed E-state index contributed by atoms with van der Waals surface area (Å²) in [5.41, 5.74) is 0.238. The van der Waals surface area contributed by atoms with Gasteiger partial charge in [-0.3, -0.25) is 14.4 Å². The SMILES string of the molecule is CC(NC(=O)c1cccc(NC(=O)C(C)(C)C)c1)C(=O)N1CCS(=O)(=O)CC1. The molecule has 0 aliphatic carbocycles. The summed E-state index contributed by atoms with van der Waals surface area (Å²) in [5.74, 6) is -1.06. The molecule has 8 nitrogen and oxygen atoms in total. The highest BCUT2D eigenvalue weighted by atomic mass is 32.2. The number of carbonyl (C=O) groups excluding carboxylic acids is 3. The molecule has 1 saturated heterocycles. The second-order valence-electron chi connectivity index (χ2n) is 7.96. The number of amides is 3. The Bertz CT molecular complexity index is 860. The molecule has 1 unspecified atom stereocenters. The topological polar surface area (TPSA) is 113 Å². The zero-order chi connectivity index (χ0) is 21.1. The number of sulfone groups is 1. The Kier molecular flexibility index (Phi) is 6.48. The molecule has 3 amide bonds. The number of benzene rings is 1. The standard InChI is InChI=1S/C19H27N3O5S/c1-13(17(24)22-8-10-28(26,27)11-9-22)20-16(23)14-6-5-7-15(12-14)21-18(25)19(2,3)4/h5-7,12-13H,8-11H2,1-4H3,(H,20,23)(H,21,25). The fourth-order valence-corrected chi connectivity index (χ4v) is 3.81. The van der Waals surface area contributed by atoms with Gasteiger partial charge in [-0.25, -0.2) is 8.42 Å². The highest BCUT2D eigenvalue weighted by Gasteiger charge is 2.28. The minimum atomic E-state index is -3.08. The molecule has 154 valence electrons. The molecule has 0 bridgehead atoms. The molecule has 1 atom stereocenters. The van der Waals surface area contributed by atoms with E-state index < -0.39 is 27.2 Å². The van der Waals surface area contributed by atoms with E-state index in [0.717, 1.165) is 0 Å². The van der Waals surface area contributed by atoms with Gasteiger partial charge in [0.2, 0.25) is 11.8 Å². The van der Waals surface area contributed by atoms with Crippen LogP contribution in [0.15, 0.2) is 24.3 Å². The maximum atomic E-state index is 12.5. The molecule has 1 aliphatic heterocycles. The minimum absolute atomic E-state index is 0.0606. The Morgan fingerprint density at radius 2 is 1.71 bits per heavy atom. The van der Waals surface area contributed by atoms with Gasteiger partial charge in [-0.05, 0) is 25.1 Å². The molecule has 9 heteroatoms. The molecule has 1 aromatic rings. The first-order chi connectivity index (χ1) is 12.9. The van der Waals surface area contributed by atoms with E-state index >= 15 is 0 Å². The molecule has 0 saturated carbocycles.